The van der Waals surface area contributed by atoms with E-state index in [0.717, 1.165) is 6.07 Å². The number of amides is 2. The number of hydrogen-bond donors (Lipinski definition) is 0. The fourth-order valence-corrected chi connectivity index (χ4v) is 4.80. The van der Waals surface area contributed by atoms with Gasteiger partial charge in [0.25, 0.3) is 11.8 Å². The molecule has 6 nitrogen and oxygen atoms in total. The van der Waals surface area contributed by atoms with Crippen LogP contribution in [-0.2, 0) is 10.3 Å². The highest BCUT2D eigenvalue weighted by atomic mass is 19.1. The van der Waals surface area contributed by atoms with Crippen molar-refractivity contribution in [2.45, 2.75) is 18.9 Å². The van der Waals surface area contributed by atoms with Gasteiger partial charge in [0.15, 0.2) is 11.0 Å². The molecule has 5 rings (SSSR count). The van der Waals surface area contributed by atoms with Crippen molar-refractivity contribution in [2.24, 2.45) is 0 Å². The van der Waals surface area contributed by atoms with Gasteiger partial charge in [-0.2, -0.15) is 0 Å². The first-order valence-electron chi connectivity index (χ1n) is 10.1. The summed E-state index contributed by atoms with van der Waals surface area (Å²) in [5.41, 5.74) is -1.03. The average Bonchev–Trinajstić information content (AvgIpc) is 3.15. The number of halogens is 1. The molecule has 156 valence electrons. The molecule has 1 aromatic heterocycles. The van der Waals surface area contributed by atoms with E-state index >= 15 is 0 Å². The fraction of sp³-hybridized carbons (Fsp3) is 0.208. The van der Waals surface area contributed by atoms with Crippen molar-refractivity contribution in [3.8, 4) is 0 Å². The molecule has 2 amide bonds. The van der Waals surface area contributed by atoms with E-state index in [4.69, 9.17) is 4.42 Å². The van der Waals surface area contributed by atoms with Crippen molar-refractivity contribution in [3.05, 3.63) is 88.0 Å². The van der Waals surface area contributed by atoms with E-state index in [2.05, 4.69) is 6.58 Å². The number of hydrogen-bond acceptors (Lipinski definition) is 4. The van der Waals surface area contributed by atoms with E-state index in [1.807, 2.05) is 6.92 Å². The number of para-hydroxylation sites is 1. The Morgan fingerprint density at radius 2 is 1.94 bits per heavy atom. The lowest BCUT2D eigenvalue weighted by Gasteiger charge is -2.34. The van der Waals surface area contributed by atoms with Crippen LogP contribution in [0.15, 0.2) is 64.3 Å². The van der Waals surface area contributed by atoms with Gasteiger partial charge in [-0.15, -0.1) is 6.58 Å². The number of fused-ring (bicyclic) bond motifs is 5. The molecule has 0 fully saturated rings. The van der Waals surface area contributed by atoms with Gasteiger partial charge < -0.3 is 14.2 Å². The fourth-order valence-electron chi connectivity index (χ4n) is 4.80. The monoisotopic (exact) mass is 418 g/mol. The summed E-state index contributed by atoms with van der Waals surface area (Å²) in [5.74, 6) is -1.71. The van der Waals surface area contributed by atoms with Crippen molar-refractivity contribution in [1.29, 1.82) is 0 Å². The standard InChI is InChI=1S/C24H19FN2O4/c1-3-11-26-17-8-6-5-7-16(17)24(23(26)30)19-20(28)15-13-14(25)9-10-18(15)31-21(19)22(29)27(24)12-4-2/h3,5-10,13H,1,4,11-12H2,2H3. The van der Waals surface area contributed by atoms with Crippen LogP contribution in [0.25, 0.3) is 11.0 Å². The summed E-state index contributed by atoms with van der Waals surface area (Å²) in [7, 11) is 0. The minimum absolute atomic E-state index is 0.00303. The van der Waals surface area contributed by atoms with Crippen molar-refractivity contribution in [2.75, 3.05) is 18.0 Å². The molecular weight excluding hydrogens is 399 g/mol. The van der Waals surface area contributed by atoms with E-state index in [9.17, 15) is 18.8 Å². The first kappa shape index (κ1) is 19.2. The number of nitrogens with zero attached hydrogens (tertiary/aromatic N) is 2. The SMILES string of the molecule is C=CCN1C(=O)C2(c3ccccc31)c1c(oc3ccc(F)cc3c1=O)C(=O)N2CCC. The van der Waals surface area contributed by atoms with Crippen molar-refractivity contribution >= 4 is 28.5 Å². The second-order valence-corrected chi connectivity index (χ2v) is 7.66. The second-order valence-electron chi connectivity index (χ2n) is 7.66. The number of rotatable bonds is 4. The summed E-state index contributed by atoms with van der Waals surface area (Å²) < 4.78 is 19.8. The minimum atomic E-state index is -1.65. The molecule has 7 heteroatoms. The Morgan fingerprint density at radius 3 is 2.68 bits per heavy atom. The molecule has 0 saturated heterocycles. The lowest BCUT2D eigenvalue weighted by Crippen LogP contribution is -2.53. The van der Waals surface area contributed by atoms with E-state index in [1.165, 1.54) is 21.9 Å². The zero-order valence-electron chi connectivity index (χ0n) is 16.9. The van der Waals surface area contributed by atoms with E-state index in [1.54, 1.807) is 30.3 Å². The number of benzene rings is 2. The van der Waals surface area contributed by atoms with E-state index < -0.39 is 28.6 Å². The Bertz CT molecular complexity index is 1350. The van der Waals surface area contributed by atoms with Crippen molar-refractivity contribution in [3.63, 3.8) is 0 Å². The molecule has 0 aliphatic carbocycles. The highest BCUT2D eigenvalue weighted by Crippen LogP contribution is 2.52. The molecule has 1 unspecified atom stereocenters. The van der Waals surface area contributed by atoms with Crippen LogP contribution in [-0.4, -0.2) is 29.8 Å². The largest absolute Gasteiger partial charge is 0.450 e. The smallest absolute Gasteiger partial charge is 0.291 e. The summed E-state index contributed by atoms with van der Waals surface area (Å²) in [4.78, 5) is 44.0. The molecule has 1 atom stereocenters. The Labute approximate surface area is 177 Å². The summed E-state index contributed by atoms with van der Waals surface area (Å²) in [6, 6.07) is 10.6. The predicted octanol–water partition coefficient (Wildman–Crippen LogP) is 3.57. The first-order valence-corrected chi connectivity index (χ1v) is 10.1. The third-order valence-corrected chi connectivity index (χ3v) is 5.96. The second kappa shape index (κ2) is 6.63. The van der Waals surface area contributed by atoms with Gasteiger partial charge in [-0.05, 0) is 30.7 Å². The van der Waals surface area contributed by atoms with Gasteiger partial charge in [-0.25, -0.2) is 4.39 Å². The van der Waals surface area contributed by atoms with Gasteiger partial charge in [0.05, 0.1) is 16.6 Å². The summed E-state index contributed by atoms with van der Waals surface area (Å²) >= 11 is 0. The van der Waals surface area contributed by atoms with Crippen LogP contribution in [0.1, 0.15) is 35.0 Å². The maximum absolute atomic E-state index is 14.0. The summed E-state index contributed by atoms with van der Waals surface area (Å²) in [6.45, 7) is 6.08. The molecule has 0 N–H and O–H groups in total. The van der Waals surface area contributed by atoms with Gasteiger partial charge in [0.1, 0.15) is 11.4 Å². The molecule has 2 aliphatic rings. The Kier molecular flexibility index (Phi) is 4.12. The van der Waals surface area contributed by atoms with Crippen molar-refractivity contribution in [1.82, 2.24) is 4.90 Å². The number of anilines is 1. The molecule has 0 saturated carbocycles. The normalized spacial score (nSPS) is 19.4. The zero-order chi connectivity index (χ0) is 21.9. The third-order valence-electron chi connectivity index (χ3n) is 5.96. The third kappa shape index (κ3) is 2.28. The molecule has 2 aliphatic heterocycles. The van der Waals surface area contributed by atoms with Crippen LogP contribution in [0, 0.1) is 5.82 Å². The van der Waals surface area contributed by atoms with Crippen molar-refractivity contribution < 1.29 is 18.4 Å². The summed E-state index contributed by atoms with van der Waals surface area (Å²) in [6.07, 6.45) is 2.16. The molecule has 1 spiro atoms. The van der Waals surface area contributed by atoms with Gasteiger partial charge >= 0.3 is 0 Å². The lowest BCUT2D eigenvalue weighted by atomic mass is 9.84. The van der Waals surface area contributed by atoms with Gasteiger partial charge in [-0.1, -0.05) is 31.2 Å². The molecule has 3 aromatic rings. The number of carbonyl (C=O) groups excluding carboxylic acids is 2. The highest BCUT2D eigenvalue weighted by Gasteiger charge is 2.64. The Morgan fingerprint density at radius 1 is 1.16 bits per heavy atom. The Hall–Kier alpha value is -3.74. The topological polar surface area (TPSA) is 70.8 Å². The molecule has 0 bridgehead atoms. The van der Waals surface area contributed by atoms with Gasteiger partial charge in [0.2, 0.25) is 5.76 Å². The van der Waals surface area contributed by atoms with Crippen LogP contribution >= 0.6 is 0 Å². The maximum Gasteiger partial charge on any atom is 0.291 e. The van der Waals surface area contributed by atoms with Crippen LogP contribution in [0.4, 0.5) is 10.1 Å². The maximum atomic E-state index is 14.0. The molecule has 31 heavy (non-hydrogen) atoms. The molecular formula is C24H19FN2O4. The van der Waals surface area contributed by atoms with Gasteiger partial charge in [0, 0.05) is 18.7 Å². The zero-order valence-corrected chi connectivity index (χ0v) is 16.9. The first-order chi connectivity index (χ1) is 15.0. The average molecular weight is 418 g/mol. The Balaban J connectivity index is 1.94. The van der Waals surface area contributed by atoms with Crippen LogP contribution in [0.3, 0.4) is 0 Å². The minimum Gasteiger partial charge on any atom is -0.450 e. The predicted molar refractivity (Wildman–Crippen MR) is 114 cm³/mol. The van der Waals surface area contributed by atoms with Crippen LogP contribution < -0.4 is 10.3 Å². The quantitative estimate of drug-likeness (QED) is 0.608. The number of carbonyl (C=O) groups is 2. The highest BCUT2D eigenvalue weighted by molar-refractivity contribution is 6.17. The van der Waals surface area contributed by atoms with Crippen LogP contribution in [0.2, 0.25) is 0 Å². The molecule has 0 radical (unpaired) electrons. The van der Waals surface area contributed by atoms with E-state index in [-0.39, 0.29) is 35.4 Å². The summed E-state index contributed by atoms with van der Waals surface area (Å²) in [5, 5.41) is -0.00303. The van der Waals surface area contributed by atoms with Gasteiger partial charge in [-0.3, -0.25) is 14.4 Å². The molecule has 2 aromatic carbocycles. The van der Waals surface area contributed by atoms with Crippen LogP contribution in [0.5, 0.6) is 0 Å². The molecule has 3 heterocycles. The van der Waals surface area contributed by atoms with E-state index in [0.29, 0.717) is 17.7 Å². The lowest BCUT2D eigenvalue weighted by molar-refractivity contribution is -0.126.